The van der Waals surface area contributed by atoms with Crippen LogP contribution >= 0.6 is 0 Å². The number of benzene rings is 10. The number of hydrogen-bond donors (Lipinski definition) is 0. The number of rotatable bonds is 7. The van der Waals surface area contributed by atoms with Crippen LogP contribution < -0.4 is 0 Å². The Morgan fingerprint density at radius 3 is 1.10 bits per heavy atom. The number of nitrogens with zero attached hydrogens (tertiary/aromatic N) is 4. The Bertz CT molecular complexity index is 4780. The van der Waals surface area contributed by atoms with E-state index >= 15 is 0 Å². The molecular weight excluding hydrogens is 1120 g/mol. The molecule has 86 heavy (non-hydrogen) atoms. The van der Waals surface area contributed by atoms with Gasteiger partial charge in [0.25, 0.3) is 0 Å². The van der Waals surface area contributed by atoms with Gasteiger partial charge in [0.15, 0.2) is 5.69 Å². The Kier molecular flexibility index (Phi) is 13.3. The van der Waals surface area contributed by atoms with Crippen molar-refractivity contribution in [1.82, 2.24) is 9.13 Å². The maximum atomic E-state index is 14.9. The number of hydrogen-bond acceptors (Lipinski definition) is 1. The van der Waals surface area contributed by atoms with E-state index in [1.165, 1.54) is 24.3 Å². The van der Waals surface area contributed by atoms with Crippen molar-refractivity contribution in [2.75, 3.05) is 0 Å². The lowest BCUT2D eigenvalue weighted by molar-refractivity contribution is -0.138. The largest absolute Gasteiger partial charge is 0.417 e. The molecule has 0 aliphatic heterocycles. The van der Waals surface area contributed by atoms with Crippen molar-refractivity contribution >= 4 is 49.3 Å². The third-order valence-corrected chi connectivity index (χ3v) is 15.9. The highest BCUT2D eigenvalue weighted by Crippen LogP contribution is 2.48. The summed E-state index contributed by atoms with van der Waals surface area (Å²) in [5.74, 6) is 0. The van der Waals surface area contributed by atoms with Crippen LogP contribution in [0, 0.1) is 45.6 Å². The molecule has 0 fully saturated rings. The van der Waals surface area contributed by atoms with E-state index in [1.807, 2.05) is 21.3 Å². The lowest BCUT2D eigenvalue weighted by Gasteiger charge is -2.20. The molecule has 0 amide bonds. The Hall–Kier alpha value is -10.1. The zero-order valence-corrected chi connectivity index (χ0v) is 45.6. The van der Waals surface area contributed by atoms with Gasteiger partial charge in [-0.1, -0.05) is 72.3 Å². The first-order valence-electron chi connectivity index (χ1n) is 26.7. The third-order valence-electron chi connectivity index (χ3n) is 15.9. The molecule has 0 bridgehead atoms. The van der Waals surface area contributed by atoms with E-state index in [0.717, 1.165) is 42.5 Å². The van der Waals surface area contributed by atoms with E-state index in [4.69, 9.17) is 6.57 Å². The second kappa shape index (κ2) is 20.3. The molecule has 2 heterocycles. The van der Waals surface area contributed by atoms with Crippen LogP contribution in [0.5, 0.6) is 0 Å². The van der Waals surface area contributed by atoms with E-state index in [0.29, 0.717) is 122 Å². The molecule has 12 aromatic rings. The first-order valence-corrected chi connectivity index (χ1v) is 26.7. The van der Waals surface area contributed by atoms with Crippen LogP contribution in [-0.2, 0) is 24.7 Å². The lowest BCUT2D eigenvalue weighted by Crippen LogP contribution is -2.07. The number of aryl methyl sites for hydroxylation is 4. The molecule has 4 nitrogen and oxygen atoms in total. The van der Waals surface area contributed by atoms with Crippen LogP contribution in [-0.4, -0.2) is 9.13 Å². The summed E-state index contributed by atoms with van der Waals surface area (Å²) in [6.07, 6.45) is -18.6. The van der Waals surface area contributed by atoms with Gasteiger partial charge >= 0.3 is 24.7 Å². The molecule has 0 spiro atoms. The number of alkyl halides is 12. The van der Waals surface area contributed by atoms with E-state index in [2.05, 4.69) is 10.9 Å². The highest BCUT2D eigenvalue weighted by Gasteiger charge is 2.36. The summed E-state index contributed by atoms with van der Waals surface area (Å²) >= 11 is 0. The first kappa shape index (κ1) is 56.4. The topological polar surface area (TPSA) is 38.0 Å². The minimum absolute atomic E-state index is 0.109. The molecular formula is C70H42F12N4. The summed E-state index contributed by atoms with van der Waals surface area (Å²) in [6, 6.07) is 47.4. The molecule has 0 aliphatic carbocycles. The van der Waals surface area contributed by atoms with Gasteiger partial charge in [-0.15, -0.1) is 0 Å². The smallest absolute Gasteiger partial charge is 0.308 e. The number of halogens is 12. The Morgan fingerprint density at radius 1 is 0.372 bits per heavy atom. The molecule has 426 valence electrons. The molecule has 0 unspecified atom stereocenters. The van der Waals surface area contributed by atoms with Crippen LogP contribution in [0.25, 0.3) is 115 Å². The molecule has 0 saturated carbocycles. The van der Waals surface area contributed by atoms with Gasteiger partial charge in [-0.2, -0.15) is 57.9 Å². The molecule has 0 N–H and O–H groups in total. The highest BCUT2D eigenvalue weighted by molar-refractivity contribution is 6.14. The molecule has 0 saturated heterocycles. The summed E-state index contributed by atoms with van der Waals surface area (Å²) in [7, 11) is 0. The van der Waals surface area contributed by atoms with Crippen LogP contribution in [0.4, 0.5) is 58.4 Å². The van der Waals surface area contributed by atoms with Gasteiger partial charge in [0.05, 0.1) is 73.9 Å². The molecule has 0 atom stereocenters. The Balaban J connectivity index is 1.20. The second-order valence-electron chi connectivity index (χ2n) is 21.4. The Morgan fingerprint density at radius 2 is 0.744 bits per heavy atom. The summed E-state index contributed by atoms with van der Waals surface area (Å²) in [5, 5.41) is 12.1. The van der Waals surface area contributed by atoms with Crippen LogP contribution in [0.1, 0.15) is 50.1 Å². The zero-order valence-electron chi connectivity index (χ0n) is 45.6. The predicted molar refractivity (Wildman–Crippen MR) is 312 cm³/mol. The maximum absolute atomic E-state index is 14.9. The Labute approximate surface area is 483 Å². The quantitative estimate of drug-likeness (QED) is 0.116. The first-order chi connectivity index (χ1) is 40.7. The van der Waals surface area contributed by atoms with Crippen molar-refractivity contribution in [1.29, 1.82) is 5.26 Å². The van der Waals surface area contributed by atoms with Crippen molar-refractivity contribution in [3.63, 3.8) is 0 Å². The van der Waals surface area contributed by atoms with E-state index in [1.54, 1.807) is 131 Å². The average Bonchev–Trinajstić information content (AvgIpc) is 1.57. The molecule has 16 heteroatoms. The summed E-state index contributed by atoms with van der Waals surface area (Å²) in [4.78, 5) is 4.03. The van der Waals surface area contributed by atoms with E-state index in [-0.39, 0.29) is 22.4 Å². The van der Waals surface area contributed by atoms with Crippen molar-refractivity contribution < 1.29 is 52.7 Å². The highest BCUT2D eigenvalue weighted by atomic mass is 19.4. The maximum Gasteiger partial charge on any atom is 0.417 e. The van der Waals surface area contributed by atoms with E-state index in [9.17, 15) is 57.9 Å². The fourth-order valence-corrected chi connectivity index (χ4v) is 11.9. The zero-order chi connectivity index (χ0) is 61.1. The van der Waals surface area contributed by atoms with Crippen molar-refractivity contribution in [3.05, 3.63) is 243 Å². The van der Waals surface area contributed by atoms with Gasteiger partial charge in [0, 0.05) is 21.5 Å². The van der Waals surface area contributed by atoms with Gasteiger partial charge < -0.3 is 9.13 Å². The van der Waals surface area contributed by atoms with E-state index < -0.39 is 47.0 Å². The fourth-order valence-electron chi connectivity index (χ4n) is 11.9. The normalized spacial score (nSPS) is 12.4. The van der Waals surface area contributed by atoms with Gasteiger partial charge in [0.1, 0.15) is 0 Å². The fraction of sp³-hybridized carbons (Fsp3) is 0.114. The lowest BCUT2D eigenvalue weighted by atomic mass is 9.95. The molecule has 2 aromatic heterocycles. The van der Waals surface area contributed by atoms with Crippen LogP contribution in [0.2, 0.25) is 0 Å². The van der Waals surface area contributed by atoms with Crippen molar-refractivity contribution in [2.45, 2.75) is 52.4 Å². The minimum Gasteiger partial charge on any atom is -0.308 e. The average molecular weight is 1170 g/mol. The molecule has 12 rings (SSSR count). The van der Waals surface area contributed by atoms with Crippen LogP contribution in [0.15, 0.2) is 182 Å². The van der Waals surface area contributed by atoms with Gasteiger partial charge in [-0.3, -0.25) is 0 Å². The number of nitriles is 1. The second-order valence-corrected chi connectivity index (χ2v) is 21.4. The monoisotopic (exact) mass is 1170 g/mol. The third kappa shape index (κ3) is 9.84. The molecule has 10 aromatic carbocycles. The van der Waals surface area contributed by atoms with Crippen molar-refractivity contribution in [3.8, 4) is 73.1 Å². The summed E-state index contributed by atoms with van der Waals surface area (Å²) < 4.78 is 175. The summed E-state index contributed by atoms with van der Waals surface area (Å²) in [6.45, 7) is 14.9. The molecule has 0 radical (unpaired) electrons. The SMILES string of the molecule is [C-]#[N+]c1cc(-n2c3ccc(-c4ccc(C(F)(F)F)cc4C)cc3c3cc(-c4ccc(C)cc4C(F)(F)F)ccc32)c(-n2c3ccc(-c4ccc(C(F)(F)F)cc4C)cc3c3cc(-c4ccc(C(F)(F)F)cc4C)ccc32)cc1-c1cccc(C#N)c1. The molecule has 0 aliphatic rings. The van der Waals surface area contributed by atoms with Gasteiger partial charge in [-0.25, -0.2) is 4.85 Å². The predicted octanol–water partition coefficient (Wildman–Crippen LogP) is 21.9. The van der Waals surface area contributed by atoms with Gasteiger partial charge in [0.2, 0.25) is 0 Å². The van der Waals surface area contributed by atoms with Crippen molar-refractivity contribution in [2.24, 2.45) is 0 Å². The number of fused-ring (bicyclic) bond motifs is 6. The number of aromatic nitrogens is 2. The minimum atomic E-state index is -4.76. The van der Waals surface area contributed by atoms with Crippen LogP contribution in [0.3, 0.4) is 0 Å². The standard InChI is InChI=1S/C70H42F12N4/c1-37-9-17-53(59(25-37)70(80,81)82)46-13-24-64-58(33-46)57-32-45(52-20-16-49(28-40(52)4)69(77,78)79)12-23-63(57)86(64)66-35-60(84-5)54(42-8-6-7-41(29-42)36-83)34-65(66)85-61-21-10-43(50-18-14-47(26-38(50)2)67(71,72)73)30-55(61)56-31-44(11-22-62(56)85)51-19-15-48(27-39(51)3)68(74,75)76/h6-35H,1-4H3. The summed E-state index contributed by atoms with van der Waals surface area (Å²) in [5.41, 5.74) is 5.08. The van der Waals surface area contributed by atoms with Gasteiger partial charge in [-0.05, 0) is 215 Å².